The van der Waals surface area contributed by atoms with E-state index < -0.39 is 0 Å². The lowest BCUT2D eigenvalue weighted by Crippen LogP contribution is -2.25. The number of oxazole rings is 1. The number of hydrogen-bond donors (Lipinski definition) is 1. The van der Waals surface area contributed by atoms with Gasteiger partial charge in [0.2, 0.25) is 5.89 Å². The zero-order valence-corrected chi connectivity index (χ0v) is 11.1. The van der Waals surface area contributed by atoms with Crippen molar-refractivity contribution >= 4 is 16.8 Å². The van der Waals surface area contributed by atoms with Crippen LogP contribution in [0.3, 0.4) is 0 Å². The Morgan fingerprint density at radius 1 is 1.22 bits per heavy atom. The minimum atomic E-state index is 0.681. The van der Waals surface area contributed by atoms with E-state index in [1.54, 1.807) is 0 Å². The minimum absolute atomic E-state index is 0.681. The van der Waals surface area contributed by atoms with E-state index in [2.05, 4.69) is 23.7 Å². The lowest BCUT2D eigenvalue weighted by Gasteiger charge is -2.18. The van der Waals surface area contributed by atoms with E-state index in [-0.39, 0.29) is 0 Å². The maximum atomic E-state index is 5.88. The molecule has 0 radical (unpaired) electrons. The van der Waals surface area contributed by atoms with Crippen molar-refractivity contribution in [1.82, 2.24) is 9.88 Å². The van der Waals surface area contributed by atoms with Gasteiger partial charge < -0.3 is 10.2 Å². The zero-order valence-electron chi connectivity index (χ0n) is 11.1. The Bertz CT molecular complexity index is 501. The third-order valence-corrected chi connectivity index (χ3v) is 2.93. The second kappa shape index (κ2) is 5.87. The molecule has 4 nitrogen and oxygen atoms in total. The number of benzene rings is 1. The van der Waals surface area contributed by atoms with E-state index in [1.165, 1.54) is 0 Å². The molecule has 0 unspecified atom stereocenters. The molecule has 0 fully saturated rings. The molecule has 1 heterocycles. The summed E-state index contributed by atoms with van der Waals surface area (Å²) in [4.78, 5) is 6.85. The van der Waals surface area contributed by atoms with E-state index in [9.17, 15) is 0 Å². The van der Waals surface area contributed by atoms with E-state index in [4.69, 9.17) is 10.2 Å². The molecular weight excluding hydrogens is 226 g/mol. The van der Waals surface area contributed by atoms with E-state index in [0.29, 0.717) is 5.69 Å². The molecule has 0 spiro atoms. The smallest absolute Gasteiger partial charge is 0.209 e. The first-order chi connectivity index (χ1) is 8.74. The topological polar surface area (TPSA) is 55.3 Å². The molecule has 2 aromatic rings. The monoisotopic (exact) mass is 247 g/mol. The molecule has 1 aromatic carbocycles. The molecule has 0 saturated carbocycles. The Labute approximate surface area is 108 Å². The molecule has 0 amide bonds. The van der Waals surface area contributed by atoms with Crippen LogP contribution in [-0.2, 0) is 6.54 Å². The van der Waals surface area contributed by atoms with Crippen LogP contribution in [0.5, 0.6) is 0 Å². The molecule has 2 N–H and O–H groups in total. The number of nitrogen functional groups attached to an aromatic ring is 1. The van der Waals surface area contributed by atoms with Crippen molar-refractivity contribution in [3.05, 3.63) is 24.1 Å². The summed E-state index contributed by atoms with van der Waals surface area (Å²) in [5.41, 5.74) is 8.12. The van der Waals surface area contributed by atoms with Gasteiger partial charge in [-0.1, -0.05) is 19.9 Å². The largest absolute Gasteiger partial charge is 0.439 e. The number of hydrogen-bond acceptors (Lipinski definition) is 4. The summed E-state index contributed by atoms with van der Waals surface area (Å²) in [6.45, 7) is 7.28. The first-order valence-electron chi connectivity index (χ1n) is 6.60. The number of nitrogens with two attached hydrogens (primary N) is 1. The predicted octanol–water partition coefficient (Wildman–Crippen LogP) is 3.03. The Morgan fingerprint density at radius 3 is 2.56 bits per heavy atom. The van der Waals surface area contributed by atoms with Gasteiger partial charge in [0, 0.05) is 0 Å². The molecule has 18 heavy (non-hydrogen) atoms. The van der Waals surface area contributed by atoms with Crippen LogP contribution < -0.4 is 5.73 Å². The Hall–Kier alpha value is -1.55. The summed E-state index contributed by atoms with van der Waals surface area (Å²) in [5.74, 6) is 0.754. The highest BCUT2D eigenvalue weighted by Gasteiger charge is 2.11. The van der Waals surface area contributed by atoms with E-state index >= 15 is 0 Å². The van der Waals surface area contributed by atoms with Gasteiger partial charge in [-0.25, -0.2) is 4.98 Å². The van der Waals surface area contributed by atoms with Crippen molar-refractivity contribution in [2.24, 2.45) is 0 Å². The van der Waals surface area contributed by atoms with Crippen LogP contribution in [0.2, 0.25) is 0 Å². The average molecular weight is 247 g/mol. The van der Waals surface area contributed by atoms with Crippen molar-refractivity contribution in [3.63, 3.8) is 0 Å². The second-order valence-electron chi connectivity index (χ2n) is 4.58. The molecule has 0 aliphatic rings. The summed E-state index contributed by atoms with van der Waals surface area (Å²) in [5, 5.41) is 0. The molecular formula is C14H21N3O. The second-order valence-corrected chi connectivity index (χ2v) is 4.58. The van der Waals surface area contributed by atoms with Gasteiger partial charge in [0.1, 0.15) is 5.52 Å². The number of para-hydroxylation sites is 1. The molecule has 4 heteroatoms. The maximum absolute atomic E-state index is 5.88. The van der Waals surface area contributed by atoms with Gasteiger partial charge in [-0.15, -0.1) is 0 Å². The standard InChI is InChI=1S/C14H21N3O/c1-3-8-17(9-4-2)10-13-16-14-11(15)6-5-7-12(14)18-13/h5-7H,3-4,8-10,15H2,1-2H3. The lowest BCUT2D eigenvalue weighted by atomic mass is 10.3. The maximum Gasteiger partial charge on any atom is 0.209 e. The fourth-order valence-electron chi connectivity index (χ4n) is 2.18. The van der Waals surface area contributed by atoms with Crippen molar-refractivity contribution in [3.8, 4) is 0 Å². The van der Waals surface area contributed by atoms with Gasteiger partial charge in [0.15, 0.2) is 5.58 Å². The van der Waals surface area contributed by atoms with E-state index in [0.717, 1.165) is 49.5 Å². The first-order valence-corrected chi connectivity index (χ1v) is 6.60. The Morgan fingerprint density at radius 2 is 1.94 bits per heavy atom. The van der Waals surface area contributed by atoms with Crippen LogP contribution in [0.1, 0.15) is 32.6 Å². The summed E-state index contributed by atoms with van der Waals surface area (Å²) >= 11 is 0. The first kappa shape index (κ1) is 12.9. The number of anilines is 1. The van der Waals surface area contributed by atoms with Crippen molar-refractivity contribution < 1.29 is 4.42 Å². The molecule has 0 aliphatic carbocycles. The van der Waals surface area contributed by atoms with E-state index in [1.807, 2.05) is 18.2 Å². The fourth-order valence-corrected chi connectivity index (χ4v) is 2.18. The van der Waals surface area contributed by atoms with Crippen LogP contribution >= 0.6 is 0 Å². The van der Waals surface area contributed by atoms with Gasteiger partial charge in [-0.2, -0.15) is 0 Å². The quantitative estimate of drug-likeness (QED) is 0.797. The Kier molecular flexibility index (Phi) is 4.20. The van der Waals surface area contributed by atoms with Crippen LogP contribution in [0, 0.1) is 0 Å². The highest BCUT2D eigenvalue weighted by molar-refractivity contribution is 5.85. The van der Waals surface area contributed by atoms with Crippen molar-refractivity contribution in [2.75, 3.05) is 18.8 Å². The normalized spacial score (nSPS) is 11.5. The summed E-state index contributed by atoms with van der Waals surface area (Å²) in [6.07, 6.45) is 2.28. The number of rotatable bonds is 6. The SMILES string of the molecule is CCCN(CCC)Cc1nc2c(N)cccc2o1. The average Bonchev–Trinajstić information content (AvgIpc) is 2.74. The number of aromatic nitrogens is 1. The number of nitrogens with zero attached hydrogens (tertiary/aromatic N) is 2. The zero-order chi connectivity index (χ0) is 13.0. The highest BCUT2D eigenvalue weighted by atomic mass is 16.3. The van der Waals surface area contributed by atoms with Crippen LogP contribution in [0.15, 0.2) is 22.6 Å². The van der Waals surface area contributed by atoms with Crippen molar-refractivity contribution in [1.29, 1.82) is 0 Å². The lowest BCUT2D eigenvalue weighted by molar-refractivity contribution is 0.242. The third-order valence-electron chi connectivity index (χ3n) is 2.93. The predicted molar refractivity (Wildman–Crippen MR) is 74.3 cm³/mol. The molecule has 0 bridgehead atoms. The van der Waals surface area contributed by atoms with Gasteiger partial charge in [-0.3, -0.25) is 4.90 Å². The van der Waals surface area contributed by atoms with Crippen molar-refractivity contribution in [2.45, 2.75) is 33.2 Å². The summed E-state index contributed by atoms with van der Waals surface area (Å²) in [6, 6.07) is 5.65. The molecule has 1 aromatic heterocycles. The van der Waals surface area contributed by atoms with Crippen LogP contribution in [0.4, 0.5) is 5.69 Å². The summed E-state index contributed by atoms with van der Waals surface area (Å²) in [7, 11) is 0. The van der Waals surface area contributed by atoms with Gasteiger partial charge >= 0.3 is 0 Å². The van der Waals surface area contributed by atoms with Crippen LogP contribution in [-0.4, -0.2) is 23.0 Å². The fraction of sp³-hybridized carbons (Fsp3) is 0.500. The molecule has 0 saturated heterocycles. The van der Waals surface area contributed by atoms with Crippen LogP contribution in [0.25, 0.3) is 11.1 Å². The third kappa shape index (κ3) is 2.82. The Balaban J connectivity index is 2.17. The van der Waals surface area contributed by atoms with Gasteiger partial charge in [0.25, 0.3) is 0 Å². The summed E-state index contributed by atoms with van der Waals surface area (Å²) < 4.78 is 5.74. The van der Waals surface area contributed by atoms with Gasteiger partial charge in [-0.05, 0) is 38.1 Å². The molecule has 0 aliphatic heterocycles. The molecule has 98 valence electrons. The van der Waals surface area contributed by atoms with Gasteiger partial charge in [0.05, 0.1) is 12.2 Å². The number of fused-ring (bicyclic) bond motifs is 1. The minimum Gasteiger partial charge on any atom is -0.439 e. The highest BCUT2D eigenvalue weighted by Crippen LogP contribution is 2.21. The molecule has 0 atom stereocenters. The molecule has 2 rings (SSSR count).